The largest absolute Gasteiger partial charge is 0.348 e. The molecule has 0 bridgehead atoms. The van der Waals surface area contributed by atoms with Crippen LogP contribution in [0.2, 0.25) is 0 Å². The molecule has 0 aliphatic rings. The van der Waals surface area contributed by atoms with Gasteiger partial charge in [-0.25, -0.2) is 0 Å². The van der Waals surface area contributed by atoms with E-state index in [9.17, 15) is 4.79 Å². The first-order valence-electron chi connectivity index (χ1n) is 5.70. The number of hydrogen-bond acceptors (Lipinski definition) is 2. The van der Waals surface area contributed by atoms with Gasteiger partial charge in [0.1, 0.15) is 0 Å². The van der Waals surface area contributed by atoms with Gasteiger partial charge in [0, 0.05) is 33.4 Å². The van der Waals surface area contributed by atoms with E-state index in [4.69, 9.17) is 0 Å². The van der Waals surface area contributed by atoms with E-state index >= 15 is 0 Å². The molecule has 0 spiro atoms. The average Bonchev–Trinajstić information content (AvgIpc) is 2.36. The van der Waals surface area contributed by atoms with E-state index in [1.54, 1.807) is 24.5 Å². The highest BCUT2D eigenvalue weighted by atomic mass is 79.9. The Labute approximate surface area is 128 Å². The summed E-state index contributed by atoms with van der Waals surface area (Å²) >= 11 is 6.74. The first-order chi connectivity index (χ1) is 9.06. The molecule has 0 radical (unpaired) electrons. The van der Waals surface area contributed by atoms with E-state index in [0.29, 0.717) is 12.1 Å². The molecule has 0 atom stereocenters. The fourth-order valence-corrected chi connectivity index (χ4v) is 2.96. The van der Waals surface area contributed by atoms with Crippen LogP contribution in [0.15, 0.2) is 45.6 Å². The molecule has 1 heterocycles. The first kappa shape index (κ1) is 14.2. The SMILES string of the molecule is Cc1cnccc1CNC(=O)c1cc(Br)cc(Br)c1. The van der Waals surface area contributed by atoms with Gasteiger partial charge >= 0.3 is 0 Å². The summed E-state index contributed by atoms with van der Waals surface area (Å²) in [6, 6.07) is 7.38. The molecule has 1 aromatic carbocycles. The highest BCUT2D eigenvalue weighted by Gasteiger charge is 2.08. The number of pyridine rings is 1. The van der Waals surface area contributed by atoms with Crippen molar-refractivity contribution in [1.29, 1.82) is 0 Å². The van der Waals surface area contributed by atoms with Gasteiger partial charge in [-0.2, -0.15) is 0 Å². The van der Waals surface area contributed by atoms with Crippen LogP contribution in [0, 0.1) is 6.92 Å². The van der Waals surface area contributed by atoms with E-state index in [2.05, 4.69) is 42.2 Å². The minimum absolute atomic E-state index is 0.0989. The Kier molecular flexibility index (Phi) is 4.71. The van der Waals surface area contributed by atoms with E-state index in [1.165, 1.54) is 0 Å². The van der Waals surface area contributed by atoms with Crippen molar-refractivity contribution >= 4 is 37.8 Å². The maximum absolute atomic E-state index is 12.1. The zero-order valence-electron chi connectivity index (χ0n) is 10.3. The number of carbonyl (C=O) groups excluding carboxylic acids is 1. The third-order valence-corrected chi connectivity index (χ3v) is 3.62. The standard InChI is InChI=1S/C14H12Br2N2O/c1-9-7-17-3-2-10(9)8-18-14(19)11-4-12(15)6-13(16)5-11/h2-7H,8H2,1H3,(H,18,19). The van der Waals surface area contributed by atoms with Gasteiger partial charge in [0.05, 0.1) is 0 Å². The van der Waals surface area contributed by atoms with Crippen LogP contribution in [0.4, 0.5) is 0 Å². The van der Waals surface area contributed by atoms with Gasteiger partial charge < -0.3 is 5.32 Å². The van der Waals surface area contributed by atoms with Crippen molar-refractivity contribution in [1.82, 2.24) is 10.3 Å². The second-order valence-electron chi connectivity index (χ2n) is 4.14. The van der Waals surface area contributed by atoms with Crippen LogP contribution in [0.3, 0.4) is 0 Å². The second-order valence-corrected chi connectivity index (χ2v) is 5.97. The molecule has 0 saturated carbocycles. The third kappa shape index (κ3) is 3.88. The minimum Gasteiger partial charge on any atom is -0.348 e. The number of aryl methyl sites for hydroxylation is 1. The zero-order chi connectivity index (χ0) is 13.8. The van der Waals surface area contributed by atoms with Crippen molar-refractivity contribution in [2.24, 2.45) is 0 Å². The molecule has 5 heteroatoms. The number of aromatic nitrogens is 1. The van der Waals surface area contributed by atoms with Gasteiger partial charge in [-0.3, -0.25) is 9.78 Å². The molecule has 1 aromatic heterocycles. The van der Waals surface area contributed by atoms with E-state index in [-0.39, 0.29) is 5.91 Å². The van der Waals surface area contributed by atoms with Crippen molar-refractivity contribution in [2.75, 3.05) is 0 Å². The van der Waals surface area contributed by atoms with Crippen molar-refractivity contribution < 1.29 is 4.79 Å². The molecule has 0 unspecified atom stereocenters. The molecule has 2 aromatic rings. The van der Waals surface area contributed by atoms with Crippen LogP contribution in [0.25, 0.3) is 0 Å². The Morgan fingerprint density at radius 2 is 1.95 bits per heavy atom. The number of benzene rings is 1. The van der Waals surface area contributed by atoms with Gasteiger partial charge in [-0.15, -0.1) is 0 Å². The van der Waals surface area contributed by atoms with Gasteiger partial charge in [0.15, 0.2) is 0 Å². The molecule has 0 aliphatic heterocycles. The Morgan fingerprint density at radius 1 is 1.26 bits per heavy atom. The maximum Gasteiger partial charge on any atom is 0.251 e. The summed E-state index contributed by atoms with van der Waals surface area (Å²) in [5, 5.41) is 2.90. The van der Waals surface area contributed by atoms with Crippen molar-refractivity contribution in [3.05, 3.63) is 62.3 Å². The molecule has 2 rings (SSSR count). The highest BCUT2D eigenvalue weighted by Crippen LogP contribution is 2.20. The lowest BCUT2D eigenvalue weighted by Gasteiger charge is -2.08. The normalized spacial score (nSPS) is 10.3. The molecule has 1 N–H and O–H groups in total. The lowest BCUT2D eigenvalue weighted by Crippen LogP contribution is -2.23. The molecule has 1 amide bonds. The van der Waals surface area contributed by atoms with Crippen LogP contribution < -0.4 is 5.32 Å². The topological polar surface area (TPSA) is 42.0 Å². The van der Waals surface area contributed by atoms with Crippen LogP contribution >= 0.6 is 31.9 Å². The highest BCUT2D eigenvalue weighted by molar-refractivity contribution is 9.11. The fourth-order valence-electron chi connectivity index (χ4n) is 1.66. The summed E-state index contributed by atoms with van der Waals surface area (Å²) in [5.41, 5.74) is 2.75. The monoisotopic (exact) mass is 382 g/mol. The van der Waals surface area contributed by atoms with Crippen LogP contribution in [0.5, 0.6) is 0 Å². The third-order valence-electron chi connectivity index (χ3n) is 2.70. The molecular formula is C14H12Br2N2O. The summed E-state index contributed by atoms with van der Waals surface area (Å²) in [6.07, 6.45) is 3.52. The molecule has 0 aliphatic carbocycles. The summed E-state index contributed by atoms with van der Waals surface area (Å²) in [4.78, 5) is 16.1. The predicted molar refractivity (Wildman–Crippen MR) is 82.0 cm³/mol. The molecule has 98 valence electrons. The van der Waals surface area contributed by atoms with Crippen molar-refractivity contribution in [3.63, 3.8) is 0 Å². The summed E-state index contributed by atoms with van der Waals surface area (Å²) < 4.78 is 1.74. The second kappa shape index (κ2) is 6.30. The molecule has 3 nitrogen and oxygen atoms in total. The Bertz CT molecular complexity index is 594. The van der Waals surface area contributed by atoms with Crippen molar-refractivity contribution in [2.45, 2.75) is 13.5 Å². The van der Waals surface area contributed by atoms with Gasteiger partial charge in [-0.05, 0) is 42.3 Å². The summed E-state index contributed by atoms with van der Waals surface area (Å²) in [7, 11) is 0. The smallest absolute Gasteiger partial charge is 0.251 e. The maximum atomic E-state index is 12.1. The zero-order valence-corrected chi connectivity index (χ0v) is 13.5. The number of carbonyl (C=O) groups is 1. The van der Waals surface area contributed by atoms with Gasteiger partial charge in [-0.1, -0.05) is 31.9 Å². The van der Waals surface area contributed by atoms with Gasteiger partial charge in [0.25, 0.3) is 5.91 Å². The number of amides is 1. The lowest BCUT2D eigenvalue weighted by atomic mass is 10.1. The quantitative estimate of drug-likeness (QED) is 0.874. The number of nitrogens with zero attached hydrogens (tertiary/aromatic N) is 1. The van der Waals surface area contributed by atoms with Crippen LogP contribution in [-0.2, 0) is 6.54 Å². The number of nitrogens with one attached hydrogen (secondary N) is 1. The van der Waals surface area contributed by atoms with E-state index < -0.39 is 0 Å². The molecule has 0 saturated heterocycles. The number of hydrogen-bond donors (Lipinski definition) is 1. The molecule has 19 heavy (non-hydrogen) atoms. The van der Waals surface area contributed by atoms with Crippen LogP contribution in [0.1, 0.15) is 21.5 Å². The Hall–Kier alpha value is -1.20. The molecular weight excluding hydrogens is 372 g/mol. The van der Waals surface area contributed by atoms with Crippen LogP contribution in [-0.4, -0.2) is 10.9 Å². The molecule has 0 fully saturated rings. The number of halogens is 2. The minimum atomic E-state index is -0.0989. The lowest BCUT2D eigenvalue weighted by molar-refractivity contribution is 0.0950. The van der Waals surface area contributed by atoms with E-state index in [1.807, 2.05) is 19.1 Å². The number of rotatable bonds is 3. The first-order valence-corrected chi connectivity index (χ1v) is 7.28. The average molecular weight is 384 g/mol. The Morgan fingerprint density at radius 3 is 2.58 bits per heavy atom. The predicted octanol–water partition coefficient (Wildman–Crippen LogP) is 3.85. The fraction of sp³-hybridized carbons (Fsp3) is 0.143. The van der Waals surface area contributed by atoms with Gasteiger partial charge in [0.2, 0.25) is 0 Å². The summed E-state index contributed by atoms with van der Waals surface area (Å²) in [6.45, 7) is 2.47. The summed E-state index contributed by atoms with van der Waals surface area (Å²) in [5.74, 6) is -0.0989. The van der Waals surface area contributed by atoms with Crippen molar-refractivity contribution in [3.8, 4) is 0 Å². The Balaban J connectivity index is 2.08. The van der Waals surface area contributed by atoms with E-state index in [0.717, 1.165) is 20.1 Å².